The number of aliphatic carboxylic acids is 1. The molecule has 1 amide bonds. The number of carbonyl (C=O) groups is 2. The first kappa shape index (κ1) is 16.0. The van der Waals surface area contributed by atoms with Gasteiger partial charge in [0.2, 0.25) is 5.91 Å². The fourth-order valence-electron chi connectivity index (χ4n) is 2.44. The molecule has 0 saturated heterocycles. The Labute approximate surface area is 115 Å². The molecule has 0 aromatic heterocycles. The number of nitrogens with zero attached hydrogens (tertiary/aromatic N) is 1. The van der Waals surface area contributed by atoms with Crippen LogP contribution in [-0.2, 0) is 9.59 Å². The van der Waals surface area contributed by atoms with Crippen LogP contribution in [0.2, 0.25) is 0 Å². The lowest BCUT2D eigenvalue weighted by Crippen LogP contribution is -2.39. The number of carboxylic acids is 1. The molecule has 1 fully saturated rings. The number of amides is 1. The highest BCUT2D eigenvalue weighted by molar-refractivity contribution is 5.84. The lowest BCUT2D eigenvalue weighted by Gasteiger charge is -2.24. The molecule has 5 nitrogen and oxygen atoms in total. The summed E-state index contributed by atoms with van der Waals surface area (Å²) in [5.74, 6) is -1.13. The number of hydrogen-bond acceptors (Lipinski definition) is 3. The summed E-state index contributed by atoms with van der Waals surface area (Å²) in [5.41, 5.74) is -0.999. The van der Waals surface area contributed by atoms with Crippen molar-refractivity contribution in [3.8, 4) is 0 Å². The van der Waals surface area contributed by atoms with E-state index < -0.39 is 11.4 Å². The number of hydrogen-bond donors (Lipinski definition) is 2. The minimum absolute atomic E-state index is 0.0233. The van der Waals surface area contributed by atoms with E-state index in [1.807, 2.05) is 0 Å². The highest BCUT2D eigenvalue weighted by Gasteiger charge is 2.30. The molecule has 0 spiro atoms. The van der Waals surface area contributed by atoms with Crippen LogP contribution in [-0.4, -0.2) is 48.1 Å². The molecule has 0 aliphatic heterocycles. The van der Waals surface area contributed by atoms with Crippen LogP contribution in [0.1, 0.15) is 46.0 Å². The van der Waals surface area contributed by atoms with Crippen molar-refractivity contribution in [2.24, 2.45) is 5.41 Å². The molecule has 1 rings (SSSR count). The number of nitrogens with one attached hydrogen (secondary N) is 1. The average Bonchev–Trinajstić information content (AvgIpc) is 2.81. The van der Waals surface area contributed by atoms with Gasteiger partial charge in [0, 0.05) is 25.6 Å². The lowest BCUT2D eigenvalue weighted by molar-refractivity contribution is -0.149. The van der Waals surface area contributed by atoms with E-state index in [0.717, 1.165) is 6.54 Å². The van der Waals surface area contributed by atoms with E-state index in [-0.39, 0.29) is 12.3 Å². The Kier molecular flexibility index (Phi) is 5.79. The third-order valence-corrected chi connectivity index (χ3v) is 3.92. The Morgan fingerprint density at radius 1 is 1.32 bits per heavy atom. The van der Waals surface area contributed by atoms with Gasteiger partial charge in [-0.2, -0.15) is 0 Å². The quantitative estimate of drug-likeness (QED) is 0.735. The minimum Gasteiger partial charge on any atom is -0.481 e. The zero-order valence-corrected chi connectivity index (χ0v) is 12.2. The Hall–Kier alpha value is -1.10. The number of carbonyl (C=O) groups excluding carboxylic acids is 1. The van der Waals surface area contributed by atoms with Crippen LogP contribution < -0.4 is 5.32 Å². The van der Waals surface area contributed by atoms with Crippen molar-refractivity contribution in [3.05, 3.63) is 0 Å². The second kappa shape index (κ2) is 6.89. The Morgan fingerprint density at radius 2 is 1.89 bits per heavy atom. The third-order valence-electron chi connectivity index (χ3n) is 3.92. The van der Waals surface area contributed by atoms with Crippen molar-refractivity contribution >= 4 is 11.9 Å². The first-order valence-corrected chi connectivity index (χ1v) is 7.03. The first-order chi connectivity index (χ1) is 8.83. The molecular weight excluding hydrogens is 244 g/mol. The summed E-state index contributed by atoms with van der Waals surface area (Å²) in [6.45, 7) is 4.55. The van der Waals surface area contributed by atoms with Crippen molar-refractivity contribution < 1.29 is 14.7 Å². The van der Waals surface area contributed by atoms with Gasteiger partial charge in [0.05, 0.1) is 5.41 Å². The van der Waals surface area contributed by atoms with Gasteiger partial charge in [-0.25, -0.2) is 0 Å². The predicted molar refractivity (Wildman–Crippen MR) is 73.9 cm³/mol. The van der Waals surface area contributed by atoms with Crippen LogP contribution in [0, 0.1) is 5.41 Å². The standard InChI is InChI=1S/C14H26N2O3/c1-14(2,13(18)19)10-12(17)15-8-9-16(3)11-6-4-5-7-11/h11H,4-10H2,1-3H3,(H,15,17)(H,18,19). The van der Waals surface area contributed by atoms with Crippen molar-refractivity contribution in [1.29, 1.82) is 0 Å². The second-order valence-electron chi connectivity index (χ2n) is 6.13. The van der Waals surface area contributed by atoms with E-state index in [2.05, 4.69) is 17.3 Å². The van der Waals surface area contributed by atoms with Crippen molar-refractivity contribution in [2.75, 3.05) is 20.1 Å². The van der Waals surface area contributed by atoms with Gasteiger partial charge in [0.1, 0.15) is 0 Å². The van der Waals surface area contributed by atoms with Crippen LogP contribution in [0.3, 0.4) is 0 Å². The maximum atomic E-state index is 11.7. The molecule has 19 heavy (non-hydrogen) atoms. The Bertz CT molecular complexity index is 323. The number of likely N-dealkylation sites (N-methyl/N-ethyl adjacent to an activating group) is 1. The topological polar surface area (TPSA) is 69.6 Å². The molecule has 0 unspecified atom stereocenters. The molecule has 1 saturated carbocycles. The summed E-state index contributed by atoms with van der Waals surface area (Å²) in [5, 5.41) is 11.8. The summed E-state index contributed by atoms with van der Waals surface area (Å²) in [7, 11) is 2.09. The van der Waals surface area contributed by atoms with E-state index in [9.17, 15) is 9.59 Å². The summed E-state index contributed by atoms with van der Waals surface area (Å²) >= 11 is 0. The van der Waals surface area contributed by atoms with E-state index >= 15 is 0 Å². The molecule has 0 radical (unpaired) electrons. The van der Waals surface area contributed by atoms with Gasteiger partial charge in [-0.15, -0.1) is 0 Å². The van der Waals surface area contributed by atoms with Gasteiger partial charge in [0.15, 0.2) is 0 Å². The maximum absolute atomic E-state index is 11.7. The zero-order chi connectivity index (χ0) is 14.5. The third kappa shape index (κ3) is 5.19. The summed E-state index contributed by atoms with van der Waals surface area (Å²) in [6.07, 6.45) is 5.12. The van der Waals surface area contributed by atoms with Crippen LogP contribution >= 0.6 is 0 Å². The fraction of sp³-hybridized carbons (Fsp3) is 0.857. The zero-order valence-electron chi connectivity index (χ0n) is 12.2. The molecule has 1 aliphatic carbocycles. The monoisotopic (exact) mass is 270 g/mol. The van der Waals surface area contributed by atoms with Crippen molar-refractivity contribution in [2.45, 2.75) is 52.0 Å². The fourth-order valence-corrected chi connectivity index (χ4v) is 2.44. The highest BCUT2D eigenvalue weighted by Crippen LogP contribution is 2.22. The largest absolute Gasteiger partial charge is 0.481 e. The smallest absolute Gasteiger partial charge is 0.309 e. The first-order valence-electron chi connectivity index (χ1n) is 7.03. The normalized spacial score (nSPS) is 16.8. The van der Waals surface area contributed by atoms with E-state index in [1.54, 1.807) is 13.8 Å². The van der Waals surface area contributed by atoms with Crippen LogP contribution in [0.25, 0.3) is 0 Å². The molecule has 5 heteroatoms. The van der Waals surface area contributed by atoms with Gasteiger partial charge in [-0.05, 0) is 33.7 Å². The number of carboxylic acid groups (broad SMARTS) is 1. The summed E-state index contributed by atoms with van der Waals surface area (Å²) in [4.78, 5) is 24.9. The molecule has 0 aromatic rings. The predicted octanol–water partition coefficient (Wildman–Crippen LogP) is 1.48. The van der Waals surface area contributed by atoms with Gasteiger partial charge in [0.25, 0.3) is 0 Å². The lowest BCUT2D eigenvalue weighted by atomic mass is 9.89. The molecule has 110 valence electrons. The van der Waals surface area contributed by atoms with Gasteiger partial charge in [-0.3, -0.25) is 9.59 Å². The van der Waals surface area contributed by atoms with Crippen LogP contribution in [0.15, 0.2) is 0 Å². The van der Waals surface area contributed by atoms with Gasteiger partial charge >= 0.3 is 5.97 Å². The molecule has 0 bridgehead atoms. The van der Waals surface area contributed by atoms with Crippen LogP contribution in [0.4, 0.5) is 0 Å². The molecule has 0 aromatic carbocycles. The van der Waals surface area contributed by atoms with Crippen LogP contribution in [0.5, 0.6) is 0 Å². The van der Waals surface area contributed by atoms with E-state index in [4.69, 9.17) is 5.11 Å². The minimum atomic E-state index is -0.999. The molecule has 2 N–H and O–H groups in total. The SMILES string of the molecule is CN(CCNC(=O)CC(C)(C)C(=O)O)C1CCCC1. The second-order valence-corrected chi connectivity index (χ2v) is 6.13. The molecular formula is C14H26N2O3. The maximum Gasteiger partial charge on any atom is 0.309 e. The van der Waals surface area contributed by atoms with Crippen molar-refractivity contribution in [1.82, 2.24) is 10.2 Å². The Balaban J connectivity index is 2.21. The van der Waals surface area contributed by atoms with E-state index in [0.29, 0.717) is 12.6 Å². The van der Waals surface area contributed by atoms with Gasteiger partial charge in [-0.1, -0.05) is 12.8 Å². The molecule has 0 atom stereocenters. The summed E-state index contributed by atoms with van der Waals surface area (Å²) in [6, 6.07) is 0.646. The average molecular weight is 270 g/mol. The molecule has 0 heterocycles. The highest BCUT2D eigenvalue weighted by atomic mass is 16.4. The summed E-state index contributed by atoms with van der Waals surface area (Å²) < 4.78 is 0. The Morgan fingerprint density at radius 3 is 2.42 bits per heavy atom. The molecule has 1 aliphatic rings. The van der Waals surface area contributed by atoms with Crippen molar-refractivity contribution in [3.63, 3.8) is 0 Å². The number of rotatable bonds is 7. The van der Waals surface area contributed by atoms with Gasteiger partial charge < -0.3 is 15.3 Å². The van der Waals surface area contributed by atoms with E-state index in [1.165, 1.54) is 25.7 Å².